The maximum Gasteiger partial charge on any atom is 0.309 e. The highest BCUT2D eigenvalue weighted by Gasteiger charge is 2.33. The molecule has 1 aliphatic heterocycles. The first kappa shape index (κ1) is 29.3. The minimum atomic E-state index is -0.947. The summed E-state index contributed by atoms with van der Waals surface area (Å²) in [6, 6.07) is 14.0. The highest BCUT2D eigenvalue weighted by atomic mass is 35.5. The van der Waals surface area contributed by atoms with E-state index in [0.29, 0.717) is 24.6 Å². The molecule has 1 N–H and O–H groups in total. The molecule has 1 fully saturated rings. The molecular formula is C31H39ClN2O4S. The maximum absolute atomic E-state index is 12.2. The Kier molecular flexibility index (Phi) is 8.62. The molecule has 0 saturated carbocycles. The van der Waals surface area contributed by atoms with Gasteiger partial charge in [-0.1, -0.05) is 44.5 Å². The number of carbonyl (C=O) groups excluding carboxylic acids is 1. The number of ether oxygens (including phenoxy) is 1. The molecule has 1 saturated heterocycles. The first-order chi connectivity index (χ1) is 18.2. The molecule has 8 heteroatoms. The molecule has 2 heterocycles. The van der Waals surface area contributed by atoms with Crippen molar-refractivity contribution in [3.63, 3.8) is 0 Å². The van der Waals surface area contributed by atoms with Gasteiger partial charge in [-0.3, -0.25) is 9.59 Å². The van der Waals surface area contributed by atoms with Crippen molar-refractivity contribution >= 4 is 46.1 Å². The molecule has 1 aromatic heterocycles. The lowest BCUT2D eigenvalue weighted by Crippen LogP contribution is -2.37. The Balaban J connectivity index is 1.80. The lowest BCUT2D eigenvalue weighted by atomic mass is 9.88. The van der Waals surface area contributed by atoms with E-state index < -0.39 is 11.4 Å². The number of fused-ring (bicyclic) bond motifs is 1. The number of rotatable bonds is 9. The number of hydrogen-bond acceptors (Lipinski definition) is 4. The van der Waals surface area contributed by atoms with Crippen molar-refractivity contribution in [1.29, 1.82) is 0 Å². The predicted octanol–water partition coefficient (Wildman–Crippen LogP) is 7.28. The number of thioether (sulfide) groups is 1. The second-order valence-corrected chi connectivity index (χ2v) is 14.3. The van der Waals surface area contributed by atoms with Gasteiger partial charge in [-0.25, -0.2) is 0 Å². The Hall–Kier alpha value is -2.64. The standard InChI is InChI=1S/C31H39ClN2O4S/c1-20(35)33-15-7-8-23(33)19-38-24-13-14-26-25(16-24)28(39-30(2,3)4)27(17-31(5,6)29(36)37)34(26)18-21-9-11-22(32)12-10-21/h9-14,16,23H,7-8,15,17-19H2,1-6H3,(H,36,37). The van der Waals surface area contributed by atoms with Crippen LogP contribution in [0.2, 0.25) is 5.02 Å². The fourth-order valence-corrected chi connectivity index (χ4v) is 6.42. The van der Waals surface area contributed by atoms with E-state index in [1.807, 2.05) is 35.2 Å². The van der Waals surface area contributed by atoms with Crippen LogP contribution in [0.15, 0.2) is 47.4 Å². The summed E-state index contributed by atoms with van der Waals surface area (Å²) >= 11 is 7.91. The van der Waals surface area contributed by atoms with Crippen molar-refractivity contribution < 1.29 is 19.4 Å². The number of carboxylic acid groups (broad SMARTS) is 1. The molecule has 210 valence electrons. The number of likely N-dealkylation sites (tertiary alicyclic amines) is 1. The van der Waals surface area contributed by atoms with E-state index >= 15 is 0 Å². The SMILES string of the molecule is CC(=O)N1CCCC1COc1ccc2c(c1)c(SC(C)(C)C)c(CC(C)(C)C(=O)O)n2Cc1ccc(Cl)cc1. The average Bonchev–Trinajstić information content (AvgIpc) is 3.42. The third kappa shape index (κ3) is 6.93. The lowest BCUT2D eigenvalue weighted by Gasteiger charge is -2.24. The van der Waals surface area contributed by atoms with E-state index in [-0.39, 0.29) is 16.7 Å². The van der Waals surface area contributed by atoms with Crippen molar-refractivity contribution in [2.24, 2.45) is 5.41 Å². The number of carboxylic acids is 1. The van der Waals surface area contributed by atoms with Crippen molar-refractivity contribution in [3.05, 3.63) is 58.7 Å². The summed E-state index contributed by atoms with van der Waals surface area (Å²) in [4.78, 5) is 27.2. The van der Waals surface area contributed by atoms with Gasteiger partial charge in [0.05, 0.1) is 11.5 Å². The molecule has 1 atom stereocenters. The minimum absolute atomic E-state index is 0.0862. The van der Waals surface area contributed by atoms with Crippen molar-refractivity contribution in [1.82, 2.24) is 9.47 Å². The number of aromatic nitrogens is 1. The summed E-state index contributed by atoms with van der Waals surface area (Å²) in [5, 5.41) is 11.7. The molecule has 0 spiro atoms. The summed E-state index contributed by atoms with van der Waals surface area (Å²) in [5.41, 5.74) is 2.18. The second kappa shape index (κ2) is 11.5. The zero-order valence-corrected chi connectivity index (χ0v) is 25.3. The summed E-state index contributed by atoms with van der Waals surface area (Å²) in [5.74, 6) is 0.0137. The number of benzene rings is 2. The fraction of sp³-hybridized carbons (Fsp3) is 0.484. The van der Waals surface area contributed by atoms with Gasteiger partial charge in [0.15, 0.2) is 0 Å². The number of hydrogen-bond donors (Lipinski definition) is 1. The van der Waals surface area contributed by atoms with Gasteiger partial charge in [0.1, 0.15) is 12.4 Å². The maximum atomic E-state index is 12.2. The fourth-order valence-electron chi connectivity index (χ4n) is 5.10. The summed E-state index contributed by atoms with van der Waals surface area (Å²) in [6.07, 6.45) is 2.32. The van der Waals surface area contributed by atoms with Crippen LogP contribution in [0.1, 0.15) is 65.6 Å². The average molecular weight is 571 g/mol. The Morgan fingerprint density at radius 3 is 2.41 bits per heavy atom. The second-order valence-electron chi connectivity index (χ2n) is 12.1. The van der Waals surface area contributed by atoms with Crippen LogP contribution in [0.5, 0.6) is 5.75 Å². The molecule has 0 aliphatic carbocycles. The van der Waals surface area contributed by atoms with Gasteiger partial charge in [-0.2, -0.15) is 0 Å². The van der Waals surface area contributed by atoms with Crippen LogP contribution in [0.3, 0.4) is 0 Å². The van der Waals surface area contributed by atoms with Gasteiger partial charge in [-0.05, 0) is 62.6 Å². The molecule has 0 radical (unpaired) electrons. The van der Waals surface area contributed by atoms with Gasteiger partial charge in [0.25, 0.3) is 0 Å². The third-order valence-corrected chi connectivity index (χ3v) is 8.69. The molecule has 2 aromatic carbocycles. The molecular weight excluding hydrogens is 532 g/mol. The van der Waals surface area contributed by atoms with E-state index in [1.54, 1.807) is 32.5 Å². The molecule has 0 bridgehead atoms. The predicted molar refractivity (Wildman–Crippen MR) is 159 cm³/mol. The number of carbonyl (C=O) groups is 2. The molecule has 1 aliphatic rings. The van der Waals surface area contributed by atoms with Crippen LogP contribution in [-0.4, -0.2) is 50.4 Å². The molecule has 1 amide bonds. The highest BCUT2D eigenvalue weighted by molar-refractivity contribution is 8.00. The van der Waals surface area contributed by atoms with Crippen LogP contribution < -0.4 is 4.74 Å². The number of aliphatic carboxylic acids is 1. The normalized spacial score (nSPS) is 16.2. The van der Waals surface area contributed by atoms with Gasteiger partial charge in [0, 0.05) is 57.7 Å². The van der Waals surface area contributed by atoms with E-state index in [9.17, 15) is 14.7 Å². The Morgan fingerprint density at radius 2 is 1.79 bits per heavy atom. The summed E-state index contributed by atoms with van der Waals surface area (Å²) in [6.45, 7) is 13.5. The van der Waals surface area contributed by atoms with Crippen LogP contribution in [0.25, 0.3) is 10.9 Å². The smallest absolute Gasteiger partial charge is 0.309 e. The Bertz CT molecular complexity index is 1360. The Labute approximate surface area is 240 Å². The largest absolute Gasteiger partial charge is 0.491 e. The van der Waals surface area contributed by atoms with Crippen LogP contribution in [0.4, 0.5) is 0 Å². The monoisotopic (exact) mass is 570 g/mol. The van der Waals surface area contributed by atoms with Crippen LogP contribution in [-0.2, 0) is 22.6 Å². The number of amides is 1. The van der Waals surface area contributed by atoms with Gasteiger partial charge in [-0.15, -0.1) is 11.8 Å². The van der Waals surface area contributed by atoms with E-state index in [4.69, 9.17) is 16.3 Å². The first-order valence-electron chi connectivity index (χ1n) is 13.5. The zero-order chi connectivity index (χ0) is 28.5. The minimum Gasteiger partial charge on any atom is -0.491 e. The Morgan fingerprint density at radius 1 is 1.10 bits per heavy atom. The summed E-state index contributed by atoms with van der Waals surface area (Å²) < 4.78 is 8.41. The van der Waals surface area contributed by atoms with Crippen molar-refractivity contribution in [2.45, 2.75) is 83.0 Å². The third-order valence-electron chi connectivity index (χ3n) is 7.17. The zero-order valence-electron chi connectivity index (χ0n) is 23.7. The molecule has 1 unspecified atom stereocenters. The van der Waals surface area contributed by atoms with E-state index in [0.717, 1.165) is 52.2 Å². The molecule has 6 nitrogen and oxygen atoms in total. The highest BCUT2D eigenvalue weighted by Crippen LogP contribution is 2.44. The van der Waals surface area contributed by atoms with Crippen LogP contribution in [0, 0.1) is 5.41 Å². The molecule has 4 rings (SSSR count). The van der Waals surface area contributed by atoms with E-state index in [1.165, 1.54) is 0 Å². The van der Waals surface area contributed by atoms with Crippen molar-refractivity contribution in [3.8, 4) is 5.75 Å². The number of halogens is 1. The molecule has 39 heavy (non-hydrogen) atoms. The number of nitrogens with zero attached hydrogens (tertiary/aromatic N) is 2. The molecule has 3 aromatic rings. The quantitative estimate of drug-likeness (QED) is 0.274. The van der Waals surface area contributed by atoms with Crippen LogP contribution >= 0.6 is 23.4 Å². The van der Waals surface area contributed by atoms with Gasteiger partial charge < -0.3 is 19.3 Å². The van der Waals surface area contributed by atoms with Gasteiger partial charge >= 0.3 is 5.97 Å². The van der Waals surface area contributed by atoms with Crippen molar-refractivity contribution in [2.75, 3.05) is 13.2 Å². The summed E-state index contributed by atoms with van der Waals surface area (Å²) in [7, 11) is 0. The lowest BCUT2D eigenvalue weighted by molar-refractivity contribution is -0.146. The van der Waals surface area contributed by atoms with E-state index in [2.05, 4.69) is 37.5 Å². The topological polar surface area (TPSA) is 71.8 Å². The first-order valence-corrected chi connectivity index (χ1v) is 14.7. The van der Waals surface area contributed by atoms with Gasteiger partial charge in [0.2, 0.25) is 5.91 Å².